The molecule has 0 bridgehead atoms. The average Bonchev–Trinajstić information content (AvgIpc) is 2.48. The van der Waals surface area contributed by atoms with Crippen molar-refractivity contribution in [2.45, 2.75) is 70.8 Å². The molecule has 92 valence electrons. The first-order chi connectivity index (χ1) is 7.66. The molecule has 0 aromatic heterocycles. The monoisotopic (exact) mass is 223 g/mol. The second-order valence-corrected chi connectivity index (χ2v) is 5.28. The molecule has 0 spiro atoms. The fourth-order valence-corrected chi connectivity index (χ4v) is 2.92. The van der Waals surface area contributed by atoms with Crippen molar-refractivity contribution in [1.29, 1.82) is 5.26 Å². The van der Waals surface area contributed by atoms with Crippen LogP contribution in [0.3, 0.4) is 0 Å². The molecule has 16 heavy (non-hydrogen) atoms. The van der Waals surface area contributed by atoms with Crippen LogP contribution in [0.4, 0.5) is 0 Å². The highest BCUT2D eigenvalue weighted by molar-refractivity contribution is 4.99. The number of nitriles is 1. The van der Waals surface area contributed by atoms with E-state index in [9.17, 15) is 10.4 Å². The zero-order valence-electron chi connectivity index (χ0n) is 10.7. The molecule has 3 atom stereocenters. The maximum absolute atomic E-state index is 10.6. The predicted octanol–water partition coefficient (Wildman–Crippen LogP) is 3.65. The Bertz CT molecular complexity index is 246. The van der Waals surface area contributed by atoms with Crippen molar-refractivity contribution < 1.29 is 5.11 Å². The minimum absolute atomic E-state index is 0.159. The Kier molecular flexibility index (Phi) is 5.28. The van der Waals surface area contributed by atoms with Gasteiger partial charge in [0.25, 0.3) is 0 Å². The molecule has 0 aromatic rings. The fraction of sp³-hybridized carbons (Fsp3) is 0.929. The van der Waals surface area contributed by atoms with E-state index in [-0.39, 0.29) is 5.92 Å². The van der Waals surface area contributed by atoms with Crippen molar-refractivity contribution in [1.82, 2.24) is 0 Å². The van der Waals surface area contributed by atoms with Crippen molar-refractivity contribution in [2.75, 3.05) is 0 Å². The predicted molar refractivity (Wildman–Crippen MR) is 65.8 cm³/mol. The lowest BCUT2D eigenvalue weighted by atomic mass is 9.79. The first kappa shape index (κ1) is 13.5. The van der Waals surface area contributed by atoms with Gasteiger partial charge in [0.1, 0.15) is 0 Å². The Morgan fingerprint density at radius 3 is 2.69 bits per heavy atom. The van der Waals surface area contributed by atoms with Gasteiger partial charge in [-0.05, 0) is 31.6 Å². The quantitative estimate of drug-likeness (QED) is 0.739. The van der Waals surface area contributed by atoms with Crippen LogP contribution in [-0.2, 0) is 0 Å². The molecule has 0 heterocycles. The molecule has 0 aromatic carbocycles. The summed E-state index contributed by atoms with van der Waals surface area (Å²) in [5.74, 6) is 0.600. The second-order valence-electron chi connectivity index (χ2n) is 5.28. The molecular weight excluding hydrogens is 198 g/mol. The van der Waals surface area contributed by atoms with Gasteiger partial charge in [-0.15, -0.1) is 0 Å². The topological polar surface area (TPSA) is 44.0 Å². The van der Waals surface area contributed by atoms with Crippen LogP contribution >= 0.6 is 0 Å². The van der Waals surface area contributed by atoms with E-state index in [2.05, 4.69) is 19.9 Å². The van der Waals surface area contributed by atoms with Crippen molar-refractivity contribution in [3.8, 4) is 6.07 Å². The molecule has 0 amide bonds. The lowest BCUT2D eigenvalue weighted by molar-refractivity contribution is -0.0158. The smallest absolute Gasteiger partial charge is 0.0805 e. The third-order valence-corrected chi connectivity index (χ3v) is 4.17. The summed E-state index contributed by atoms with van der Waals surface area (Å²) in [5, 5.41) is 19.8. The van der Waals surface area contributed by atoms with Gasteiger partial charge in [0.05, 0.1) is 17.6 Å². The Morgan fingerprint density at radius 2 is 2.12 bits per heavy atom. The Hall–Kier alpha value is -0.550. The van der Waals surface area contributed by atoms with Gasteiger partial charge in [-0.25, -0.2) is 0 Å². The zero-order chi connectivity index (χ0) is 12.0. The fourth-order valence-electron chi connectivity index (χ4n) is 2.92. The van der Waals surface area contributed by atoms with E-state index in [4.69, 9.17) is 0 Å². The van der Waals surface area contributed by atoms with Gasteiger partial charge in [-0.3, -0.25) is 0 Å². The van der Waals surface area contributed by atoms with Gasteiger partial charge < -0.3 is 5.11 Å². The highest BCUT2D eigenvalue weighted by Gasteiger charge is 2.37. The number of hydrogen-bond acceptors (Lipinski definition) is 2. The highest BCUT2D eigenvalue weighted by Crippen LogP contribution is 2.37. The lowest BCUT2D eigenvalue weighted by Gasteiger charge is -2.31. The average molecular weight is 223 g/mol. The van der Waals surface area contributed by atoms with Gasteiger partial charge in [-0.1, -0.05) is 39.5 Å². The number of rotatable bonds is 4. The third kappa shape index (κ3) is 3.22. The summed E-state index contributed by atoms with van der Waals surface area (Å²) in [6, 6.07) is 2.32. The molecule has 2 heteroatoms. The van der Waals surface area contributed by atoms with E-state index in [1.54, 1.807) is 0 Å². The van der Waals surface area contributed by atoms with Gasteiger partial charge in [0.2, 0.25) is 0 Å². The second kappa shape index (κ2) is 6.25. The SMILES string of the molecule is CCCC(C#N)C1(O)CCCC(CC)CC1. The molecule has 0 radical (unpaired) electrons. The van der Waals surface area contributed by atoms with Crippen molar-refractivity contribution in [2.24, 2.45) is 11.8 Å². The minimum Gasteiger partial charge on any atom is -0.389 e. The molecule has 0 saturated heterocycles. The van der Waals surface area contributed by atoms with E-state index < -0.39 is 5.60 Å². The molecule has 1 N–H and O–H groups in total. The maximum atomic E-state index is 10.6. The third-order valence-electron chi connectivity index (χ3n) is 4.17. The van der Waals surface area contributed by atoms with Gasteiger partial charge >= 0.3 is 0 Å². The van der Waals surface area contributed by atoms with Crippen LogP contribution in [-0.4, -0.2) is 10.7 Å². The molecule has 1 aliphatic rings. The van der Waals surface area contributed by atoms with Crippen LogP contribution in [0.1, 0.15) is 65.2 Å². The normalized spacial score (nSPS) is 32.8. The number of hydrogen-bond donors (Lipinski definition) is 1. The molecule has 1 aliphatic carbocycles. The molecule has 2 nitrogen and oxygen atoms in total. The molecule has 1 rings (SSSR count). The summed E-state index contributed by atoms with van der Waals surface area (Å²) in [6.07, 6.45) is 8.07. The minimum atomic E-state index is -0.700. The van der Waals surface area contributed by atoms with E-state index in [0.717, 1.165) is 44.4 Å². The molecule has 1 saturated carbocycles. The lowest BCUT2D eigenvalue weighted by Crippen LogP contribution is -2.36. The summed E-state index contributed by atoms with van der Waals surface area (Å²) >= 11 is 0. The maximum Gasteiger partial charge on any atom is 0.0805 e. The molecule has 1 fully saturated rings. The van der Waals surface area contributed by atoms with Gasteiger partial charge in [0.15, 0.2) is 0 Å². The summed E-state index contributed by atoms with van der Waals surface area (Å²) < 4.78 is 0. The molecular formula is C14H25NO. The van der Waals surface area contributed by atoms with Crippen LogP contribution in [0.2, 0.25) is 0 Å². The van der Waals surface area contributed by atoms with Crippen LogP contribution in [0.25, 0.3) is 0 Å². The van der Waals surface area contributed by atoms with Crippen LogP contribution in [0, 0.1) is 23.2 Å². The summed E-state index contributed by atoms with van der Waals surface area (Å²) in [4.78, 5) is 0. The Morgan fingerprint density at radius 1 is 1.38 bits per heavy atom. The highest BCUT2D eigenvalue weighted by atomic mass is 16.3. The first-order valence-corrected chi connectivity index (χ1v) is 6.78. The van der Waals surface area contributed by atoms with Gasteiger partial charge in [-0.2, -0.15) is 5.26 Å². The van der Waals surface area contributed by atoms with Crippen molar-refractivity contribution in [3.63, 3.8) is 0 Å². The van der Waals surface area contributed by atoms with Crippen molar-refractivity contribution in [3.05, 3.63) is 0 Å². The van der Waals surface area contributed by atoms with E-state index in [0.29, 0.717) is 0 Å². The van der Waals surface area contributed by atoms with Gasteiger partial charge in [0, 0.05) is 0 Å². The van der Waals surface area contributed by atoms with E-state index in [1.807, 2.05) is 0 Å². The Labute approximate surface area is 99.7 Å². The summed E-state index contributed by atoms with van der Waals surface area (Å²) in [6.45, 7) is 4.31. The number of aliphatic hydroxyl groups is 1. The van der Waals surface area contributed by atoms with Crippen LogP contribution in [0.5, 0.6) is 0 Å². The molecule has 3 unspecified atom stereocenters. The molecule has 0 aliphatic heterocycles. The standard InChI is InChI=1S/C14H25NO/c1-3-6-13(11-15)14(16)9-5-7-12(4-2)8-10-14/h12-13,16H,3-10H2,1-2H3. The largest absolute Gasteiger partial charge is 0.389 e. The summed E-state index contributed by atoms with van der Waals surface area (Å²) in [5.41, 5.74) is -0.700. The Balaban J connectivity index is 2.65. The van der Waals surface area contributed by atoms with Crippen LogP contribution < -0.4 is 0 Å². The number of nitrogens with zero attached hydrogens (tertiary/aromatic N) is 1. The first-order valence-electron chi connectivity index (χ1n) is 6.78. The van der Waals surface area contributed by atoms with Crippen molar-refractivity contribution >= 4 is 0 Å². The van der Waals surface area contributed by atoms with E-state index >= 15 is 0 Å². The summed E-state index contributed by atoms with van der Waals surface area (Å²) in [7, 11) is 0. The van der Waals surface area contributed by atoms with Crippen LogP contribution in [0.15, 0.2) is 0 Å². The zero-order valence-corrected chi connectivity index (χ0v) is 10.7. The van der Waals surface area contributed by atoms with E-state index in [1.165, 1.54) is 12.8 Å².